The van der Waals surface area contributed by atoms with E-state index >= 15 is 0 Å². The second kappa shape index (κ2) is 14.3. The summed E-state index contributed by atoms with van der Waals surface area (Å²) in [4.78, 5) is 0. The molecule has 0 aromatic rings. The van der Waals surface area contributed by atoms with Crippen LogP contribution in [0.25, 0.3) is 0 Å². The first-order chi connectivity index (χ1) is 11.9. The average molecular weight is 393 g/mol. The van der Waals surface area contributed by atoms with E-state index in [1.54, 1.807) is 0 Å². The van der Waals surface area contributed by atoms with Crippen LogP contribution in [0.2, 0.25) is 18.3 Å². The third-order valence-corrected chi connectivity index (χ3v) is 14.5. The van der Waals surface area contributed by atoms with Gasteiger partial charge in [-0.25, -0.2) is 0 Å². The third kappa shape index (κ3) is 9.15. The maximum absolute atomic E-state index is 6.26. The first-order valence-corrected chi connectivity index (χ1v) is 15.3. The Morgan fingerprint density at radius 1 is 0.560 bits per heavy atom. The molecule has 0 saturated carbocycles. The van der Waals surface area contributed by atoms with Gasteiger partial charge in [0, 0.05) is 31.6 Å². The Morgan fingerprint density at radius 3 is 1.28 bits per heavy atom. The van der Waals surface area contributed by atoms with Crippen molar-refractivity contribution in [1.29, 1.82) is 0 Å². The van der Waals surface area contributed by atoms with Gasteiger partial charge in [0.25, 0.3) is 0 Å². The molecule has 0 unspecified atom stereocenters. The minimum absolute atomic E-state index is 0.297. The molecule has 0 saturated heterocycles. The first-order valence-electron chi connectivity index (χ1n) is 10.5. The van der Waals surface area contributed by atoms with Crippen LogP contribution in [0.3, 0.4) is 0 Å². The normalized spacial score (nSPS) is 13.0. The molecule has 0 aliphatic heterocycles. The van der Waals surface area contributed by atoms with Gasteiger partial charge in [0.05, 0.1) is 0 Å². The van der Waals surface area contributed by atoms with Crippen LogP contribution >= 0.6 is 0 Å². The maximum Gasteiger partial charge on any atom is 0.340 e. The Morgan fingerprint density at radius 2 is 0.920 bits per heavy atom. The molecular formula is C19H44O4Si2. The van der Waals surface area contributed by atoms with Crippen molar-refractivity contribution in [1.82, 2.24) is 0 Å². The van der Waals surface area contributed by atoms with Crippen LogP contribution < -0.4 is 0 Å². The molecule has 0 rings (SSSR count). The Bertz CT molecular complexity index is 282. The van der Waals surface area contributed by atoms with Gasteiger partial charge in [0.2, 0.25) is 0 Å². The maximum atomic E-state index is 6.26. The van der Waals surface area contributed by atoms with Crippen molar-refractivity contribution >= 4 is 17.1 Å². The van der Waals surface area contributed by atoms with Crippen LogP contribution in [-0.2, 0) is 17.7 Å². The molecule has 0 aromatic heterocycles. The van der Waals surface area contributed by atoms with Crippen molar-refractivity contribution in [2.24, 2.45) is 0 Å². The summed E-state index contributed by atoms with van der Waals surface area (Å²) in [5.41, 5.74) is 0. The van der Waals surface area contributed by atoms with Crippen molar-refractivity contribution in [3.63, 3.8) is 0 Å². The fourth-order valence-electron chi connectivity index (χ4n) is 3.76. The quantitative estimate of drug-likeness (QED) is 0.227. The highest BCUT2D eigenvalue weighted by molar-refractivity contribution is 6.87. The Hall–Kier alpha value is 0.274. The molecule has 0 amide bonds. The summed E-state index contributed by atoms with van der Waals surface area (Å²) < 4.78 is 25.0. The highest BCUT2D eigenvalue weighted by Gasteiger charge is 2.55. The second-order valence-electron chi connectivity index (χ2n) is 6.87. The van der Waals surface area contributed by atoms with E-state index in [-0.39, 0.29) is 0 Å². The number of unbranched alkanes of at least 4 members (excludes halogenated alkanes) is 5. The van der Waals surface area contributed by atoms with E-state index in [0.29, 0.717) is 31.6 Å². The Labute approximate surface area is 159 Å². The van der Waals surface area contributed by atoms with Gasteiger partial charge in [0.15, 0.2) is 0 Å². The Kier molecular flexibility index (Phi) is 14.5. The van der Waals surface area contributed by atoms with Crippen molar-refractivity contribution in [2.45, 2.75) is 97.8 Å². The molecule has 0 radical (unpaired) electrons. The molecule has 0 aliphatic carbocycles. The largest absolute Gasteiger partial charge is 0.395 e. The highest BCUT2D eigenvalue weighted by atomic mass is 28.4. The standard InChI is InChI=1S/C19H44O4Si2/c1-8-13-14-15-16-17-18-19(24(6,20-9-2)21-10-3)25(7,22-11-4)23-12-5/h19H,8-18H2,1-7H3. The van der Waals surface area contributed by atoms with Crippen LogP contribution in [-0.4, -0.2) is 43.5 Å². The zero-order valence-corrected chi connectivity index (χ0v) is 20.0. The van der Waals surface area contributed by atoms with E-state index in [1.165, 1.54) is 38.5 Å². The summed E-state index contributed by atoms with van der Waals surface area (Å²) in [6, 6.07) is 0. The summed E-state index contributed by atoms with van der Waals surface area (Å²) in [5.74, 6) is 0. The molecule has 0 bridgehead atoms. The Balaban J connectivity index is 5.18. The smallest absolute Gasteiger partial charge is 0.340 e. The minimum Gasteiger partial charge on any atom is -0.395 e. The van der Waals surface area contributed by atoms with Gasteiger partial charge in [-0.15, -0.1) is 0 Å². The lowest BCUT2D eigenvalue weighted by Crippen LogP contribution is -2.58. The van der Waals surface area contributed by atoms with Gasteiger partial charge in [-0.3, -0.25) is 0 Å². The molecule has 0 spiro atoms. The van der Waals surface area contributed by atoms with Crippen molar-refractivity contribution in [3.8, 4) is 0 Å². The van der Waals surface area contributed by atoms with E-state index in [4.69, 9.17) is 17.7 Å². The number of hydrogen-bond donors (Lipinski definition) is 0. The van der Waals surface area contributed by atoms with Gasteiger partial charge >= 0.3 is 17.1 Å². The van der Waals surface area contributed by atoms with E-state index in [0.717, 1.165) is 6.42 Å². The summed E-state index contributed by atoms with van der Waals surface area (Å²) >= 11 is 0. The zero-order chi connectivity index (χ0) is 19.2. The average Bonchev–Trinajstić information content (AvgIpc) is 2.54. The second-order valence-corrected chi connectivity index (χ2v) is 14.1. The van der Waals surface area contributed by atoms with Crippen LogP contribution in [0.15, 0.2) is 0 Å². The van der Waals surface area contributed by atoms with Gasteiger partial charge in [-0.2, -0.15) is 0 Å². The fourth-order valence-corrected chi connectivity index (χ4v) is 13.3. The molecule has 0 fully saturated rings. The zero-order valence-electron chi connectivity index (χ0n) is 18.0. The summed E-state index contributed by atoms with van der Waals surface area (Å²) in [6.07, 6.45) is 8.89. The van der Waals surface area contributed by atoms with Gasteiger partial charge in [-0.05, 0) is 47.2 Å². The summed E-state index contributed by atoms with van der Waals surface area (Å²) in [6.45, 7) is 17.7. The molecule has 152 valence electrons. The van der Waals surface area contributed by atoms with Crippen LogP contribution in [0.5, 0.6) is 0 Å². The predicted molar refractivity (Wildman–Crippen MR) is 111 cm³/mol. The van der Waals surface area contributed by atoms with E-state index in [2.05, 4.69) is 47.7 Å². The number of rotatable bonds is 17. The predicted octanol–water partition coefficient (Wildman–Crippen LogP) is 5.94. The number of hydrogen-bond acceptors (Lipinski definition) is 4. The topological polar surface area (TPSA) is 36.9 Å². The van der Waals surface area contributed by atoms with Gasteiger partial charge < -0.3 is 17.7 Å². The highest BCUT2D eigenvalue weighted by Crippen LogP contribution is 2.39. The lowest BCUT2D eigenvalue weighted by molar-refractivity contribution is 0.152. The van der Waals surface area contributed by atoms with E-state index in [9.17, 15) is 0 Å². The molecule has 4 nitrogen and oxygen atoms in total. The minimum atomic E-state index is -2.35. The molecule has 6 heteroatoms. The van der Waals surface area contributed by atoms with Gasteiger partial charge in [0.1, 0.15) is 0 Å². The van der Waals surface area contributed by atoms with Crippen LogP contribution in [0.1, 0.15) is 79.6 Å². The van der Waals surface area contributed by atoms with E-state index < -0.39 is 17.1 Å². The van der Waals surface area contributed by atoms with Crippen molar-refractivity contribution in [3.05, 3.63) is 0 Å². The molecule has 25 heavy (non-hydrogen) atoms. The van der Waals surface area contributed by atoms with Gasteiger partial charge in [-0.1, -0.05) is 45.4 Å². The lowest BCUT2D eigenvalue weighted by atomic mass is 10.1. The van der Waals surface area contributed by atoms with E-state index in [1.807, 2.05) is 0 Å². The molecule has 0 aromatic carbocycles. The van der Waals surface area contributed by atoms with Crippen molar-refractivity contribution < 1.29 is 17.7 Å². The SMILES string of the molecule is CCCCCCCCC([Si](C)(OCC)OCC)[Si](C)(OCC)OCC. The molecule has 0 heterocycles. The summed E-state index contributed by atoms with van der Waals surface area (Å²) in [7, 11) is -4.70. The molecule has 0 atom stereocenters. The fraction of sp³-hybridized carbons (Fsp3) is 1.00. The molecular weight excluding hydrogens is 348 g/mol. The van der Waals surface area contributed by atoms with Crippen LogP contribution in [0, 0.1) is 0 Å². The first kappa shape index (κ1) is 25.3. The third-order valence-electron chi connectivity index (χ3n) is 4.84. The summed E-state index contributed by atoms with van der Waals surface area (Å²) in [5, 5.41) is 0.297. The lowest BCUT2D eigenvalue weighted by Gasteiger charge is -2.42. The van der Waals surface area contributed by atoms with Crippen molar-refractivity contribution in [2.75, 3.05) is 26.4 Å². The monoisotopic (exact) mass is 392 g/mol. The molecule has 0 N–H and O–H groups in total. The van der Waals surface area contributed by atoms with Crippen LogP contribution in [0.4, 0.5) is 0 Å². The molecule has 0 aliphatic rings.